The fourth-order valence-corrected chi connectivity index (χ4v) is 6.39. The molecule has 14 heteroatoms. The number of nitrogens with zero attached hydrogens (tertiary/aromatic N) is 5. The second-order valence-electron chi connectivity index (χ2n) is 11.4. The maximum absolute atomic E-state index is 15.7. The van der Waals surface area contributed by atoms with E-state index >= 15 is 4.39 Å². The molecule has 3 fully saturated rings. The molecular weight excluding hydrogens is 582 g/mol. The second-order valence-corrected chi connectivity index (χ2v) is 11.4. The summed E-state index contributed by atoms with van der Waals surface area (Å²) in [6.45, 7) is 0.997. The molecule has 2 amide bonds. The normalized spacial score (nSPS) is 21.8. The molecule has 3 N–H and O–H groups in total. The van der Waals surface area contributed by atoms with Crippen molar-refractivity contribution in [3.8, 4) is 11.3 Å². The lowest BCUT2D eigenvalue weighted by Gasteiger charge is -2.35. The molecule has 1 aliphatic carbocycles. The molecule has 10 nitrogen and oxygen atoms in total. The van der Waals surface area contributed by atoms with Crippen LogP contribution in [0.4, 0.5) is 29.2 Å². The summed E-state index contributed by atoms with van der Waals surface area (Å²) in [5.74, 6) is -1.13. The van der Waals surface area contributed by atoms with Crippen LogP contribution in [0.25, 0.3) is 16.8 Å². The SMILES string of the molecule is Nc1nccn2c([C@@H]3C[C@H]4COC[C@H]4N3C(=O)C3CCC3)nc(-c3ccc(C(=O)Nc4cc(C(F)(F)F)ccn4)cc3F)c12. The minimum absolute atomic E-state index is 0.0310. The number of rotatable bonds is 5. The fourth-order valence-electron chi connectivity index (χ4n) is 6.39. The number of fused-ring (bicyclic) bond motifs is 2. The van der Waals surface area contributed by atoms with Crippen LogP contribution >= 0.6 is 0 Å². The molecule has 4 aromatic rings. The van der Waals surface area contributed by atoms with E-state index in [9.17, 15) is 22.8 Å². The lowest BCUT2D eigenvalue weighted by molar-refractivity contribution is -0.142. The number of aromatic nitrogens is 4. The number of imidazole rings is 1. The van der Waals surface area contributed by atoms with Crippen molar-refractivity contribution in [2.75, 3.05) is 24.3 Å². The Balaban J connectivity index is 1.23. The molecule has 1 saturated carbocycles. The van der Waals surface area contributed by atoms with Crippen molar-refractivity contribution in [1.29, 1.82) is 0 Å². The zero-order valence-corrected chi connectivity index (χ0v) is 23.2. The molecule has 2 aliphatic heterocycles. The zero-order chi connectivity index (χ0) is 30.7. The highest BCUT2D eigenvalue weighted by Gasteiger charge is 2.50. The summed E-state index contributed by atoms with van der Waals surface area (Å²) in [6, 6.07) is 4.70. The van der Waals surface area contributed by atoms with Crippen LogP contribution in [0, 0.1) is 17.7 Å². The third-order valence-corrected chi connectivity index (χ3v) is 8.82. The first kappa shape index (κ1) is 28.2. The van der Waals surface area contributed by atoms with E-state index < -0.39 is 23.5 Å². The number of pyridine rings is 1. The number of anilines is 2. The average Bonchev–Trinajstić information content (AvgIpc) is 3.65. The lowest BCUT2D eigenvalue weighted by atomic mass is 9.84. The number of halogens is 4. The Morgan fingerprint density at radius 1 is 1.07 bits per heavy atom. The van der Waals surface area contributed by atoms with Gasteiger partial charge in [0.2, 0.25) is 5.91 Å². The Labute approximate surface area is 248 Å². The van der Waals surface area contributed by atoms with Gasteiger partial charge in [0, 0.05) is 41.6 Å². The Kier molecular flexibility index (Phi) is 6.76. The van der Waals surface area contributed by atoms with Gasteiger partial charge in [-0.1, -0.05) is 6.42 Å². The van der Waals surface area contributed by atoms with E-state index in [1.165, 1.54) is 18.3 Å². The number of nitrogens with two attached hydrogens (primary N) is 1. The lowest BCUT2D eigenvalue weighted by Crippen LogP contribution is -2.45. The molecule has 3 atom stereocenters. The van der Waals surface area contributed by atoms with Crippen molar-refractivity contribution in [2.45, 2.75) is 43.9 Å². The summed E-state index contributed by atoms with van der Waals surface area (Å²) in [6.07, 6.45) is 2.84. The van der Waals surface area contributed by atoms with E-state index in [0.29, 0.717) is 37.0 Å². The van der Waals surface area contributed by atoms with Crippen molar-refractivity contribution in [2.24, 2.45) is 11.8 Å². The molecule has 0 bridgehead atoms. The van der Waals surface area contributed by atoms with Crippen LogP contribution in [0.5, 0.6) is 0 Å². The van der Waals surface area contributed by atoms with Gasteiger partial charge >= 0.3 is 6.18 Å². The van der Waals surface area contributed by atoms with Gasteiger partial charge in [0.25, 0.3) is 5.91 Å². The second kappa shape index (κ2) is 10.5. The van der Waals surface area contributed by atoms with Gasteiger partial charge in [-0.2, -0.15) is 13.2 Å². The number of likely N-dealkylation sites (tertiary alicyclic amines) is 1. The summed E-state index contributed by atoms with van der Waals surface area (Å²) in [4.78, 5) is 41.1. The molecular formula is C30H27F4N7O3. The Bertz CT molecular complexity index is 1790. The number of hydrogen-bond donors (Lipinski definition) is 2. The number of amides is 2. The smallest absolute Gasteiger partial charge is 0.382 e. The highest BCUT2D eigenvalue weighted by atomic mass is 19.4. The van der Waals surface area contributed by atoms with Gasteiger partial charge in [-0.05, 0) is 49.6 Å². The number of alkyl halides is 3. The largest absolute Gasteiger partial charge is 0.416 e. The first-order valence-corrected chi connectivity index (χ1v) is 14.3. The molecule has 228 valence electrons. The topological polar surface area (TPSA) is 128 Å². The summed E-state index contributed by atoms with van der Waals surface area (Å²) in [5, 5.41) is 2.28. The van der Waals surface area contributed by atoms with Gasteiger partial charge < -0.3 is 20.7 Å². The fraction of sp³-hybridized carbons (Fsp3) is 0.367. The van der Waals surface area contributed by atoms with E-state index in [1.54, 1.807) is 10.6 Å². The van der Waals surface area contributed by atoms with Crippen LogP contribution < -0.4 is 11.1 Å². The molecule has 44 heavy (non-hydrogen) atoms. The molecule has 2 saturated heterocycles. The van der Waals surface area contributed by atoms with Crippen molar-refractivity contribution < 1.29 is 31.9 Å². The predicted octanol–water partition coefficient (Wildman–Crippen LogP) is 4.87. The van der Waals surface area contributed by atoms with Crippen LogP contribution in [0.15, 0.2) is 48.9 Å². The maximum Gasteiger partial charge on any atom is 0.416 e. The highest BCUT2D eigenvalue weighted by molar-refractivity contribution is 6.04. The summed E-state index contributed by atoms with van der Waals surface area (Å²) in [7, 11) is 0. The minimum Gasteiger partial charge on any atom is -0.382 e. The third kappa shape index (κ3) is 4.73. The Morgan fingerprint density at radius 3 is 2.61 bits per heavy atom. The van der Waals surface area contributed by atoms with Gasteiger partial charge in [-0.3, -0.25) is 14.0 Å². The summed E-state index contributed by atoms with van der Waals surface area (Å²) >= 11 is 0. The first-order chi connectivity index (χ1) is 21.1. The molecule has 5 heterocycles. The molecule has 7 rings (SSSR count). The quantitative estimate of drug-likeness (QED) is 0.309. The molecule has 0 unspecified atom stereocenters. The van der Waals surface area contributed by atoms with Crippen LogP contribution in [-0.2, 0) is 15.7 Å². The van der Waals surface area contributed by atoms with Crippen LogP contribution in [0.3, 0.4) is 0 Å². The Morgan fingerprint density at radius 2 is 1.89 bits per heavy atom. The van der Waals surface area contributed by atoms with E-state index in [2.05, 4.69) is 15.3 Å². The Hall–Kier alpha value is -4.59. The molecule has 3 aromatic heterocycles. The van der Waals surface area contributed by atoms with Crippen molar-refractivity contribution >= 4 is 29.0 Å². The van der Waals surface area contributed by atoms with E-state index in [1.807, 2.05) is 4.90 Å². The monoisotopic (exact) mass is 609 g/mol. The number of hydrogen-bond acceptors (Lipinski definition) is 7. The zero-order valence-electron chi connectivity index (χ0n) is 23.2. The number of carbonyl (C=O) groups is 2. The number of carbonyl (C=O) groups excluding carboxylic acids is 2. The molecule has 0 spiro atoms. The average molecular weight is 610 g/mol. The van der Waals surface area contributed by atoms with Crippen molar-refractivity contribution in [1.82, 2.24) is 24.3 Å². The number of benzene rings is 1. The van der Waals surface area contributed by atoms with Gasteiger partial charge in [0.1, 0.15) is 34.5 Å². The van der Waals surface area contributed by atoms with E-state index in [0.717, 1.165) is 37.6 Å². The van der Waals surface area contributed by atoms with Crippen LogP contribution in [-0.4, -0.2) is 55.3 Å². The molecule has 3 aliphatic rings. The first-order valence-electron chi connectivity index (χ1n) is 14.3. The number of nitrogens with one attached hydrogen (secondary N) is 1. The highest BCUT2D eigenvalue weighted by Crippen LogP contribution is 2.46. The maximum atomic E-state index is 15.7. The summed E-state index contributed by atoms with van der Waals surface area (Å²) < 4.78 is 62.4. The summed E-state index contributed by atoms with van der Waals surface area (Å²) in [5.41, 5.74) is 5.76. The van der Waals surface area contributed by atoms with Crippen molar-refractivity contribution in [3.63, 3.8) is 0 Å². The van der Waals surface area contributed by atoms with Gasteiger partial charge in [-0.25, -0.2) is 19.3 Å². The molecule has 0 radical (unpaired) electrons. The number of ether oxygens (including phenoxy) is 1. The predicted molar refractivity (Wildman–Crippen MR) is 150 cm³/mol. The third-order valence-electron chi connectivity index (χ3n) is 8.82. The van der Waals surface area contributed by atoms with Gasteiger partial charge in [0.05, 0.1) is 30.9 Å². The standard InChI is InChI=1S/C30H27F4N7O3/c31-20-10-16(28(42)38-23-12-18(6-7-36-23)30(32,33)34)4-5-19(20)24-25-26(35)37-8-9-40(25)27(39-24)21-11-17-13-44-14-22(17)41(21)29(43)15-2-1-3-15/h4-10,12,15,17,21-22H,1-3,11,13-14H2,(H2,35,37)(H,36,38,42)/t17-,21-,22+/m0/s1. The van der Waals surface area contributed by atoms with Gasteiger partial charge in [0.15, 0.2) is 0 Å². The van der Waals surface area contributed by atoms with E-state index in [-0.39, 0.29) is 58.3 Å². The number of nitrogen functional groups attached to an aromatic ring is 1. The van der Waals surface area contributed by atoms with E-state index in [4.69, 9.17) is 15.5 Å². The minimum atomic E-state index is -4.62. The van der Waals surface area contributed by atoms with Crippen LogP contribution in [0.1, 0.15) is 53.5 Å². The van der Waals surface area contributed by atoms with Crippen molar-refractivity contribution in [3.05, 3.63) is 71.7 Å². The van der Waals surface area contributed by atoms with Gasteiger partial charge in [-0.15, -0.1) is 0 Å². The molecule has 1 aromatic carbocycles. The van der Waals surface area contributed by atoms with Crippen LogP contribution in [0.2, 0.25) is 0 Å².